The van der Waals surface area contributed by atoms with Gasteiger partial charge in [0, 0.05) is 26.9 Å². The van der Waals surface area contributed by atoms with Crippen LogP contribution in [0, 0.1) is 0 Å². The highest BCUT2D eigenvalue weighted by Crippen LogP contribution is 1.84. The van der Waals surface area contributed by atoms with Gasteiger partial charge in [-0.15, -0.1) is 0 Å². The van der Waals surface area contributed by atoms with Crippen molar-refractivity contribution >= 4 is 0 Å². The van der Waals surface area contributed by atoms with Gasteiger partial charge < -0.3 is 24.4 Å². The SMILES string of the molecule is COCCCOCCOCCNCCCN(C)C. The van der Waals surface area contributed by atoms with Crippen molar-refractivity contribution in [2.45, 2.75) is 12.8 Å². The second-order valence-corrected chi connectivity index (χ2v) is 4.48. The van der Waals surface area contributed by atoms with E-state index in [9.17, 15) is 0 Å². The molecule has 0 spiro atoms. The Morgan fingerprint density at radius 1 is 0.833 bits per heavy atom. The highest BCUT2D eigenvalue weighted by molar-refractivity contribution is 4.50. The zero-order chi connectivity index (χ0) is 13.5. The van der Waals surface area contributed by atoms with Crippen molar-refractivity contribution in [2.24, 2.45) is 0 Å². The first kappa shape index (κ1) is 17.8. The third-order valence-corrected chi connectivity index (χ3v) is 2.39. The third kappa shape index (κ3) is 15.8. The molecule has 0 radical (unpaired) electrons. The van der Waals surface area contributed by atoms with Crippen LogP contribution in [0.4, 0.5) is 0 Å². The topological polar surface area (TPSA) is 43.0 Å². The molecule has 0 unspecified atom stereocenters. The maximum absolute atomic E-state index is 5.44. The zero-order valence-corrected chi connectivity index (χ0v) is 12.2. The van der Waals surface area contributed by atoms with Crippen molar-refractivity contribution in [1.29, 1.82) is 0 Å². The second kappa shape index (κ2) is 14.9. The Hall–Kier alpha value is -0.200. The molecule has 1 N–H and O–H groups in total. The Balaban J connectivity index is 2.90. The molecule has 0 aromatic heterocycles. The standard InChI is InChI=1S/C13H30N2O3/c1-15(2)8-4-6-14-7-11-18-13-12-17-10-5-9-16-3/h14H,4-13H2,1-3H3. The van der Waals surface area contributed by atoms with Gasteiger partial charge in [0.15, 0.2) is 0 Å². The fourth-order valence-electron chi connectivity index (χ4n) is 1.42. The smallest absolute Gasteiger partial charge is 0.0701 e. The lowest BCUT2D eigenvalue weighted by Crippen LogP contribution is -2.24. The van der Waals surface area contributed by atoms with Crippen LogP contribution < -0.4 is 5.32 Å². The Morgan fingerprint density at radius 2 is 1.56 bits per heavy atom. The first-order valence-corrected chi connectivity index (χ1v) is 6.77. The monoisotopic (exact) mass is 262 g/mol. The summed E-state index contributed by atoms with van der Waals surface area (Å²) >= 11 is 0. The van der Waals surface area contributed by atoms with Crippen LogP contribution in [0.3, 0.4) is 0 Å². The largest absolute Gasteiger partial charge is 0.385 e. The van der Waals surface area contributed by atoms with E-state index >= 15 is 0 Å². The molecule has 18 heavy (non-hydrogen) atoms. The average Bonchev–Trinajstić information content (AvgIpc) is 2.34. The van der Waals surface area contributed by atoms with Crippen molar-refractivity contribution in [1.82, 2.24) is 10.2 Å². The number of hydrogen-bond donors (Lipinski definition) is 1. The van der Waals surface area contributed by atoms with E-state index in [4.69, 9.17) is 14.2 Å². The Kier molecular flexibility index (Phi) is 14.7. The van der Waals surface area contributed by atoms with Gasteiger partial charge in [-0.1, -0.05) is 0 Å². The lowest BCUT2D eigenvalue weighted by molar-refractivity contribution is 0.0408. The predicted molar refractivity (Wildman–Crippen MR) is 74.2 cm³/mol. The number of ether oxygens (including phenoxy) is 3. The molecule has 5 nitrogen and oxygen atoms in total. The van der Waals surface area contributed by atoms with Gasteiger partial charge in [0.05, 0.1) is 19.8 Å². The van der Waals surface area contributed by atoms with Gasteiger partial charge in [-0.25, -0.2) is 0 Å². The Bertz CT molecular complexity index is 157. The molecule has 0 aliphatic carbocycles. The molecule has 5 heteroatoms. The van der Waals surface area contributed by atoms with E-state index in [2.05, 4.69) is 24.3 Å². The minimum atomic E-state index is 0.671. The van der Waals surface area contributed by atoms with Crippen molar-refractivity contribution in [3.8, 4) is 0 Å². The highest BCUT2D eigenvalue weighted by atomic mass is 16.5. The predicted octanol–water partition coefficient (Wildman–Crippen LogP) is 0.597. The molecule has 0 saturated carbocycles. The van der Waals surface area contributed by atoms with Crippen molar-refractivity contribution in [3.63, 3.8) is 0 Å². The minimum Gasteiger partial charge on any atom is -0.385 e. The lowest BCUT2D eigenvalue weighted by atomic mass is 10.4. The van der Waals surface area contributed by atoms with Gasteiger partial charge in [-0.2, -0.15) is 0 Å². The number of rotatable bonds is 14. The summed E-state index contributed by atoms with van der Waals surface area (Å²) in [5, 5.41) is 3.35. The summed E-state index contributed by atoms with van der Waals surface area (Å²) in [5.41, 5.74) is 0. The quantitative estimate of drug-likeness (QED) is 0.464. The van der Waals surface area contributed by atoms with Crippen molar-refractivity contribution in [3.05, 3.63) is 0 Å². The average molecular weight is 262 g/mol. The summed E-state index contributed by atoms with van der Waals surface area (Å²) in [6.45, 7) is 6.70. The zero-order valence-electron chi connectivity index (χ0n) is 12.2. The van der Waals surface area contributed by atoms with Crippen LogP contribution in [0.15, 0.2) is 0 Å². The maximum atomic E-state index is 5.44. The van der Waals surface area contributed by atoms with Gasteiger partial charge >= 0.3 is 0 Å². The lowest BCUT2D eigenvalue weighted by Gasteiger charge is -2.10. The van der Waals surface area contributed by atoms with Crippen molar-refractivity contribution in [2.75, 3.05) is 73.9 Å². The molecule has 0 fully saturated rings. The second-order valence-electron chi connectivity index (χ2n) is 4.48. The van der Waals surface area contributed by atoms with Gasteiger partial charge in [0.1, 0.15) is 0 Å². The molecule has 0 aromatic carbocycles. The molecule has 0 heterocycles. The maximum Gasteiger partial charge on any atom is 0.0701 e. The van der Waals surface area contributed by atoms with Crippen LogP contribution in [0.1, 0.15) is 12.8 Å². The molecule has 0 rings (SSSR count). The number of hydrogen-bond acceptors (Lipinski definition) is 5. The summed E-state index contributed by atoms with van der Waals surface area (Å²) in [6, 6.07) is 0. The fraction of sp³-hybridized carbons (Fsp3) is 1.00. The van der Waals surface area contributed by atoms with E-state index in [0.29, 0.717) is 13.2 Å². The number of methoxy groups -OCH3 is 1. The minimum absolute atomic E-state index is 0.671. The van der Waals surface area contributed by atoms with E-state index in [1.165, 1.54) is 6.42 Å². The molecular formula is C13H30N2O3. The first-order valence-electron chi connectivity index (χ1n) is 6.77. The number of nitrogens with one attached hydrogen (secondary N) is 1. The van der Waals surface area contributed by atoms with Gasteiger partial charge in [-0.05, 0) is 40.0 Å². The fourth-order valence-corrected chi connectivity index (χ4v) is 1.42. The molecule has 0 amide bonds. The normalized spacial score (nSPS) is 11.3. The van der Waals surface area contributed by atoms with E-state index in [0.717, 1.165) is 45.9 Å². The summed E-state index contributed by atoms with van der Waals surface area (Å²) in [6.07, 6.45) is 2.12. The number of nitrogens with zero attached hydrogens (tertiary/aromatic N) is 1. The summed E-state index contributed by atoms with van der Waals surface area (Å²) in [5.74, 6) is 0. The van der Waals surface area contributed by atoms with Crippen LogP contribution in [0.2, 0.25) is 0 Å². The van der Waals surface area contributed by atoms with E-state index < -0.39 is 0 Å². The Morgan fingerprint density at radius 3 is 2.22 bits per heavy atom. The summed E-state index contributed by atoms with van der Waals surface area (Å²) in [4.78, 5) is 2.19. The molecule has 0 saturated heterocycles. The van der Waals surface area contributed by atoms with Gasteiger partial charge in [-0.3, -0.25) is 0 Å². The molecule has 110 valence electrons. The van der Waals surface area contributed by atoms with Gasteiger partial charge in [0.25, 0.3) is 0 Å². The molecule has 0 bridgehead atoms. The molecule has 0 aromatic rings. The molecular weight excluding hydrogens is 232 g/mol. The van der Waals surface area contributed by atoms with E-state index in [1.54, 1.807) is 7.11 Å². The highest BCUT2D eigenvalue weighted by Gasteiger charge is 1.92. The van der Waals surface area contributed by atoms with Crippen LogP contribution in [-0.4, -0.2) is 78.8 Å². The van der Waals surface area contributed by atoms with E-state index in [-0.39, 0.29) is 0 Å². The first-order chi connectivity index (χ1) is 8.77. The summed E-state index contributed by atoms with van der Waals surface area (Å²) < 4.78 is 15.7. The van der Waals surface area contributed by atoms with Crippen LogP contribution in [0.25, 0.3) is 0 Å². The van der Waals surface area contributed by atoms with Crippen LogP contribution >= 0.6 is 0 Å². The molecule has 0 atom stereocenters. The van der Waals surface area contributed by atoms with Crippen LogP contribution in [-0.2, 0) is 14.2 Å². The summed E-state index contributed by atoms with van der Waals surface area (Å²) in [7, 11) is 5.89. The molecule has 0 aliphatic heterocycles. The third-order valence-electron chi connectivity index (χ3n) is 2.39. The van der Waals surface area contributed by atoms with Gasteiger partial charge in [0.2, 0.25) is 0 Å². The van der Waals surface area contributed by atoms with E-state index in [1.807, 2.05) is 0 Å². The van der Waals surface area contributed by atoms with Crippen LogP contribution in [0.5, 0.6) is 0 Å². The van der Waals surface area contributed by atoms with Crippen molar-refractivity contribution < 1.29 is 14.2 Å². The molecule has 0 aliphatic rings. The Labute approximate surface area is 112 Å².